The molecule has 5 nitrogen and oxygen atoms in total. The van der Waals surface area contributed by atoms with Gasteiger partial charge in [0.2, 0.25) is 5.96 Å². The van der Waals surface area contributed by atoms with E-state index in [1.807, 2.05) is 42.5 Å². The first-order valence-corrected chi connectivity index (χ1v) is 8.10. The summed E-state index contributed by atoms with van der Waals surface area (Å²) in [6.07, 6.45) is 2.22. The lowest BCUT2D eigenvalue weighted by Crippen LogP contribution is -2.13. The maximum absolute atomic E-state index is 6.00. The Kier molecular flexibility index (Phi) is 5.05. The number of allylic oxidation sites excluding steroid dienone is 1. The van der Waals surface area contributed by atoms with Gasteiger partial charge in [-0.15, -0.1) is 0 Å². The minimum Gasteiger partial charge on any atom is -0.496 e. The van der Waals surface area contributed by atoms with Crippen LogP contribution in [-0.2, 0) is 0 Å². The van der Waals surface area contributed by atoms with Crippen LogP contribution >= 0.6 is 11.6 Å². The minimum absolute atomic E-state index is 0.1000. The SMILES string of the molecule is COc1ccc(-c2ccccc2)c(OC)c1C1=NC(N)=NC(Cl)=CC1. The highest BCUT2D eigenvalue weighted by molar-refractivity contribution is 6.30. The monoisotopic (exact) mass is 355 g/mol. The summed E-state index contributed by atoms with van der Waals surface area (Å²) in [5, 5.41) is 0.313. The molecular weight excluding hydrogens is 338 g/mol. The van der Waals surface area contributed by atoms with Crippen molar-refractivity contribution in [3.8, 4) is 22.6 Å². The maximum Gasteiger partial charge on any atom is 0.221 e. The fourth-order valence-corrected chi connectivity index (χ4v) is 2.93. The van der Waals surface area contributed by atoms with E-state index in [9.17, 15) is 0 Å². The highest BCUT2D eigenvalue weighted by atomic mass is 35.5. The average Bonchev–Trinajstić information content (AvgIpc) is 2.81. The molecule has 2 N–H and O–H groups in total. The molecule has 3 rings (SSSR count). The molecule has 0 aromatic heterocycles. The van der Waals surface area contributed by atoms with E-state index in [2.05, 4.69) is 9.98 Å². The number of aliphatic imine (C=N–C) groups is 2. The summed E-state index contributed by atoms with van der Waals surface area (Å²) >= 11 is 6.00. The molecule has 2 aromatic rings. The molecule has 0 saturated heterocycles. The molecule has 0 amide bonds. The van der Waals surface area contributed by atoms with E-state index in [4.69, 9.17) is 26.8 Å². The van der Waals surface area contributed by atoms with Crippen LogP contribution in [0.15, 0.2) is 63.7 Å². The summed E-state index contributed by atoms with van der Waals surface area (Å²) < 4.78 is 11.3. The predicted molar refractivity (Wildman–Crippen MR) is 102 cm³/mol. The zero-order valence-electron chi connectivity index (χ0n) is 14.0. The number of hydrogen-bond acceptors (Lipinski definition) is 5. The third kappa shape index (κ3) is 3.51. The number of methoxy groups -OCH3 is 2. The topological polar surface area (TPSA) is 69.2 Å². The normalized spacial score (nSPS) is 14.1. The number of nitrogens with two attached hydrogens (primary N) is 1. The lowest BCUT2D eigenvalue weighted by molar-refractivity contribution is 0.394. The first kappa shape index (κ1) is 17.0. The molecule has 0 unspecified atom stereocenters. The molecular formula is C19H18ClN3O2. The number of benzene rings is 2. The van der Waals surface area contributed by atoms with Crippen molar-refractivity contribution in [1.29, 1.82) is 0 Å². The molecule has 1 aliphatic rings. The van der Waals surface area contributed by atoms with Crippen LogP contribution in [0, 0.1) is 0 Å². The molecule has 0 aliphatic carbocycles. The number of ether oxygens (including phenoxy) is 2. The van der Waals surface area contributed by atoms with Gasteiger partial charge in [-0.2, -0.15) is 0 Å². The molecule has 2 aromatic carbocycles. The van der Waals surface area contributed by atoms with Crippen molar-refractivity contribution in [2.24, 2.45) is 15.7 Å². The van der Waals surface area contributed by atoms with Crippen LogP contribution in [0.4, 0.5) is 0 Å². The van der Waals surface area contributed by atoms with Crippen molar-refractivity contribution >= 4 is 23.3 Å². The first-order valence-electron chi connectivity index (χ1n) is 7.72. The van der Waals surface area contributed by atoms with E-state index in [0.717, 1.165) is 16.7 Å². The van der Waals surface area contributed by atoms with Crippen LogP contribution in [-0.4, -0.2) is 25.9 Å². The third-order valence-corrected chi connectivity index (χ3v) is 4.09. The quantitative estimate of drug-likeness (QED) is 0.844. The van der Waals surface area contributed by atoms with Gasteiger partial charge in [-0.25, -0.2) is 9.98 Å². The largest absolute Gasteiger partial charge is 0.496 e. The lowest BCUT2D eigenvalue weighted by Gasteiger charge is -2.18. The van der Waals surface area contributed by atoms with Crippen LogP contribution in [0.1, 0.15) is 12.0 Å². The lowest BCUT2D eigenvalue weighted by atomic mass is 9.96. The van der Waals surface area contributed by atoms with Crippen molar-refractivity contribution in [1.82, 2.24) is 0 Å². The van der Waals surface area contributed by atoms with Crippen molar-refractivity contribution < 1.29 is 9.47 Å². The Morgan fingerprint density at radius 1 is 1.00 bits per heavy atom. The molecule has 0 radical (unpaired) electrons. The summed E-state index contributed by atoms with van der Waals surface area (Å²) in [5.41, 5.74) is 9.24. The van der Waals surface area contributed by atoms with Crippen molar-refractivity contribution in [3.63, 3.8) is 0 Å². The molecule has 0 saturated carbocycles. The Bertz CT molecular complexity index is 874. The van der Waals surface area contributed by atoms with Gasteiger partial charge in [0.05, 0.1) is 25.5 Å². The maximum atomic E-state index is 6.00. The number of halogens is 1. The van der Waals surface area contributed by atoms with Gasteiger partial charge in [0.1, 0.15) is 16.7 Å². The highest BCUT2D eigenvalue weighted by Gasteiger charge is 2.21. The van der Waals surface area contributed by atoms with Crippen LogP contribution in [0.5, 0.6) is 11.5 Å². The summed E-state index contributed by atoms with van der Waals surface area (Å²) in [6, 6.07) is 13.8. The van der Waals surface area contributed by atoms with E-state index in [-0.39, 0.29) is 5.96 Å². The predicted octanol–water partition coefficient (Wildman–Crippen LogP) is 3.96. The van der Waals surface area contributed by atoms with Gasteiger partial charge < -0.3 is 15.2 Å². The van der Waals surface area contributed by atoms with Crippen LogP contribution in [0.2, 0.25) is 0 Å². The standard InChI is InChI=1S/C19H18ClN3O2/c1-24-15-10-8-13(12-6-4-3-5-7-12)18(25-2)17(15)14-9-11-16(20)23-19(21)22-14/h3-8,10-11H,9H2,1-2H3,(H2,21,23). The van der Waals surface area contributed by atoms with Crippen molar-refractivity contribution in [3.05, 3.63) is 59.3 Å². The third-order valence-electron chi connectivity index (χ3n) is 3.85. The highest BCUT2D eigenvalue weighted by Crippen LogP contribution is 2.39. The Hall–Kier alpha value is -2.79. The van der Waals surface area contributed by atoms with Gasteiger partial charge in [-0.3, -0.25) is 0 Å². The van der Waals surface area contributed by atoms with Gasteiger partial charge in [-0.1, -0.05) is 41.9 Å². The van der Waals surface area contributed by atoms with Crippen LogP contribution < -0.4 is 15.2 Å². The summed E-state index contributed by atoms with van der Waals surface area (Å²) in [4.78, 5) is 8.39. The minimum atomic E-state index is 0.1000. The van der Waals surface area contributed by atoms with Crippen molar-refractivity contribution in [2.75, 3.05) is 14.2 Å². The average molecular weight is 356 g/mol. The van der Waals surface area contributed by atoms with Crippen LogP contribution in [0.3, 0.4) is 0 Å². The number of hydrogen-bond donors (Lipinski definition) is 1. The Labute approximate surface area is 151 Å². The zero-order chi connectivity index (χ0) is 17.8. The van der Waals surface area contributed by atoms with E-state index in [1.165, 1.54) is 0 Å². The second kappa shape index (κ2) is 7.40. The van der Waals surface area contributed by atoms with E-state index in [1.54, 1.807) is 20.3 Å². The summed E-state index contributed by atoms with van der Waals surface area (Å²) in [6.45, 7) is 0. The van der Waals surface area contributed by atoms with Gasteiger partial charge >= 0.3 is 0 Å². The number of guanidine groups is 1. The van der Waals surface area contributed by atoms with Gasteiger partial charge in [0.25, 0.3) is 0 Å². The van der Waals surface area contributed by atoms with E-state index in [0.29, 0.717) is 28.8 Å². The Balaban J connectivity index is 2.23. The second-order valence-electron chi connectivity index (χ2n) is 5.35. The molecule has 128 valence electrons. The van der Waals surface area contributed by atoms with Crippen LogP contribution in [0.25, 0.3) is 11.1 Å². The molecule has 0 spiro atoms. The van der Waals surface area contributed by atoms with E-state index < -0.39 is 0 Å². The molecule has 0 bridgehead atoms. The fourth-order valence-electron chi connectivity index (χ4n) is 2.77. The molecule has 6 heteroatoms. The van der Waals surface area contributed by atoms with E-state index >= 15 is 0 Å². The first-order chi connectivity index (χ1) is 12.1. The Morgan fingerprint density at radius 2 is 1.76 bits per heavy atom. The smallest absolute Gasteiger partial charge is 0.221 e. The molecule has 1 heterocycles. The molecule has 25 heavy (non-hydrogen) atoms. The van der Waals surface area contributed by atoms with Gasteiger partial charge in [0, 0.05) is 12.0 Å². The summed E-state index contributed by atoms with van der Waals surface area (Å²) in [7, 11) is 3.24. The second-order valence-corrected chi connectivity index (χ2v) is 5.74. The Morgan fingerprint density at radius 3 is 2.44 bits per heavy atom. The van der Waals surface area contributed by atoms with Crippen molar-refractivity contribution in [2.45, 2.75) is 6.42 Å². The molecule has 0 fully saturated rings. The fraction of sp³-hybridized carbons (Fsp3) is 0.158. The molecule has 0 atom stereocenters. The van der Waals surface area contributed by atoms with Gasteiger partial charge in [0.15, 0.2) is 0 Å². The molecule has 1 aliphatic heterocycles. The van der Waals surface area contributed by atoms with Gasteiger partial charge in [-0.05, 0) is 23.8 Å². The number of nitrogens with zero attached hydrogens (tertiary/aromatic N) is 2. The zero-order valence-corrected chi connectivity index (χ0v) is 14.7. The summed E-state index contributed by atoms with van der Waals surface area (Å²) in [5.74, 6) is 1.42. The number of rotatable bonds is 4.